The molecule has 3 amide bonds. The van der Waals surface area contributed by atoms with E-state index in [9.17, 15) is 19.2 Å². The zero-order chi connectivity index (χ0) is 25.4. The summed E-state index contributed by atoms with van der Waals surface area (Å²) in [6.45, 7) is 2.55. The van der Waals surface area contributed by atoms with Crippen molar-refractivity contribution in [3.63, 3.8) is 0 Å². The fraction of sp³-hybridized carbons (Fsp3) is 0.400. The van der Waals surface area contributed by atoms with Crippen LogP contribution >= 0.6 is 0 Å². The maximum atomic E-state index is 13.2. The molecule has 5 N–H and O–H groups in total. The number of fused-ring (bicyclic) bond motifs is 1. The van der Waals surface area contributed by atoms with Gasteiger partial charge in [0.05, 0.1) is 6.21 Å². The number of aromatic nitrogens is 1. The lowest BCUT2D eigenvalue weighted by Gasteiger charge is -2.23. The summed E-state index contributed by atoms with van der Waals surface area (Å²) in [7, 11) is 1.96. The van der Waals surface area contributed by atoms with E-state index in [1.165, 1.54) is 6.92 Å². The monoisotopic (exact) mass is 480 g/mol. The van der Waals surface area contributed by atoms with Crippen LogP contribution in [0.2, 0.25) is 0 Å². The Morgan fingerprint density at radius 3 is 2.60 bits per heavy atom. The average molecular weight is 481 g/mol. The van der Waals surface area contributed by atoms with Crippen LogP contribution in [0.5, 0.6) is 0 Å². The van der Waals surface area contributed by atoms with Gasteiger partial charge in [-0.15, -0.1) is 0 Å². The van der Waals surface area contributed by atoms with Crippen LogP contribution in [-0.4, -0.2) is 71.8 Å². The van der Waals surface area contributed by atoms with E-state index in [0.29, 0.717) is 12.8 Å². The minimum Gasteiger partial charge on any atom is -0.380 e. The molecule has 35 heavy (non-hydrogen) atoms. The van der Waals surface area contributed by atoms with Crippen molar-refractivity contribution in [2.45, 2.75) is 44.7 Å². The predicted molar refractivity (Wildman–Crippen MR) is 133 cm³/mol. The SMILES string of the molecule is CC(=O)N[C@@H](Cc1c[nH]c2ccccc12)C(=O)N[C@@H](CCC(=O)C=N)C(=O)NCC1=CN(C)CC1. The normalized spacial score (nSPS) is 14.7. The molecular formula is C25H32N6O4. The van der Waals surface area contributed by atoms with Crippen molar-refractivity contribution in [2.75, 3.05) is 20.1 Å². The van der Waals surface area contributed by atoms with Crippen LogP contribution < -0.4 is 16.0 Å². The molecule has 0 saturated heterocycles. The van der Waals surface area contributed by atoms with E-state index in [1.54, 1.807) is 6.20 Å². The van der Waals surface area contributed by atoms with Gasteiger partial charge < -0.3 is 31.2 Å². The number of nitrogens with one attached hydrogen (secondary N) is 5. The maximum Gasteiger partial charge on any atom is 0.243 e. The first-order chi connectivity index (χ1) is 16.8. The van der Waals surface area contributed by atoms with Crippen LogP contribution in [0.25, 0.3) is 10.9 Å². The van der Waals surface area contributed by atoms with E-state index < -0.39 is 29.7 Å². The van der Waals surface area contributed by atoms with Gasteiger partial charge in [0.25, 0.3) is 0 Å². The van der Waals surface area contributed by atoms with Gasteiger partial charge in [-0.25, -0.2) is 0 Å². The second-order valence-corrected chi connectivity index (χ2v) is 8.76. The molecule has 0 bridgehead atoms. The van der Waals surface area contributed by atoms with Crippen LogP contribution in [0.4, 0.5) is 0 Å². The summed E-state index contributed by atoms with van der Waals surface area (Å²) in [6.07, 6.45) is 5.53. The summed E-state index contributed by atoms with van der Waals surface area (Å²) in [5.74, 6) is -1.75. The van der Waals surface area contributed by atoms with Gasteiger partial charge in [-0.3, -0.25) is 19.2 Å². The topological polar surface area (TPSA) is 147 Å². The molecular weight excluding hydrogens is 448 g/mol. The fourth-order valence-electron chi connectivity index (χ4n) is 4.09. The van der Waals surface area contributed by atoms with E-state index in [4.69, 9.17) is 5.41 Å². The van der Waals surface area contributed by atoms with Gasteiger partial charge in [0.2, 0.25) is 17.7 Å². The van der Waals surface area contributed by atoms with Crippen molar-refractivity contribution >= 4 is 40.6 Å². The first-order valence-corrected chi connectivity index (χ1v) is 11.6. The molecule has 1 aromatic carbocycles. The zero-order valence-corrected chi connectivity index (χ0v) is 20.0. The Bertz CT molecular complexity index is 1140. The number of para-hydroxylation sites is 1. The van der Waals surface area contributed by atoms with Crippen molar-refractivity contribution in [3.05, 3.63) is 47.8 Å². The van der Waals surface area contributed by atoms with Crippen LogP contribution in [0.3, 0.4) is 0 Å². The van der Waals surface area contributed by atoms with Crippen molar-refractivity contribution in [1.82, 2.24) is 25.8 Å². The van der Waals surface area contributed by atoms with Crippen molar-refractivity contribution in [2.24, 2.45) is 0 Å². The van der Waals surface area contributed by atoms with E-state index in [0.717, 1.165) is 35.0 Å². The molecule has 2 heterocycles. The molecule has 2 aromatic rings. The quantitative estimate of drug-likeness (QED) is 0.288. The summed E-state index contributed by atoms with van der Waals surface area (Å²) in [6, 6.07) is 5.75. The molecule has 2 atom stereocenters. The number of hydrogen-bond acceptors (Lipinski definition) is 6. The van der Waals surface area contributed by atoms with E-state index in [2.05, 4.69) is 20.9 Å². The molecule has 3 rings (SSSR count). The van der Waals surface area contributed by atoms with Gasteiger partial charge in [-0.1, -0.05) is 18.2 Å². The number of rotatable bonds is 12. The first-order valence-electron chi connectivity index (χ1n) is 11.6. The minimum atomic E-state index is -0.981. The van der Waals surface area contributed by atoms with E-state index in [1.807, 2.05) is 42.4 Å². The minimum absolute atomic E-state index is 0.0462. The Hall–Kier alpha value is -3.95. The van der Waals surface area contributed by atoms with Crippen LogP contribution in [0, 0.1) is 5.41 Å². The van der Waals surface area contributed by atoms with E-state index in [-0.39, 0.29) is 25.2 Å². The largest absolute Gasteiger partial charge is 0.380 e. The zero-order valence-electron chi connectivity index (χ0n) is 20.0. The summed E-state index contributed by atoms with van der Waals surface area (Å²) >= 11 is 0. The predicted octanol–water partition coefficient (Wildman–Crippen LogP) is 1.03. The average Bonchev–Trinajstić information content (AvgIpc) is 3.44. The number of carbonyl (C=O) groups is 4. The van der Waals surface area contributed by atoms with Crippen LogP contribution in [0.1, 0.15) is 31.7 Å². The Morgan fingerprint density at radius 1 is 1.14 bits per heavy atom. The summed E-state index contributed by atoms with van der Waals surface area (Å²) < 4.78 is 0. The molecule has 1 aliphatic rings. The smallest absolute Gasteiger partial charge is 0.243 e. The highest BCUT2D eigenvalue weighted by atomic mass is 16.2. The number of Topliss-reactive ketones (excluding diaryl/α,β-unsaturated/α-hetero) is 1. The maximum absolute atomic E-state index is 13.2. The first kappa shape index (κ1) is 25.7. The number of ketones is 1. The molecule has 0 saturated carbocycles. The molecule has 0 unspecified atom stereocenters. The Morgan fingerprint density at radius 2 is 1.91 bits per heavy atom. The molecule has 0 aliphatic carbocycles. The van der Waals surface area contributed by atoms with Gasteiger partial charge in [0.1, 0.15) is 12.1 Å². The highest BCUT2D eigenvalue weighted by molar-refractivity contribution is 6.26. The lowest BCUT2D eigenvalue weighted by molar-refractivity contribution is -0.131. The van der Waals surface area contributed by atoms with Crippen molar-refractivity contribution in [3.8, 4) is 0 Å². The third-order valence-electron chi connectivity index (χ3n) is 5.94. The number of hydrogen-bond donors (Lipinski definition) is 5. The number of amides is 3. The number of nitrogens with zero attached hydrogens (tertiary/aromatic N) is 1. The summed E-state index contributed by atoms with van der Waals surface area (Å²) in [5, 5.41) is 16.3. The summed E-state index contributed by atoms with van der Waals surface area (Å²) in [4.78, 5) is 54.8. The Kier molecular flexibility index (Phi) is 8.77. The van der Waals surface area contributed by atoms with Gasteiger partial charge >= 0.3 is 0 Å². The van der Waals surface area contributed by atoms with Crippen molar-refractivity contribution in [1.29, 1.82) is 5.41 Å². The second-order valence-electron chi connectivity index (χ2n) is 8.76. The molecule has 10 nitrogen and oxygen atoms in total. The third-order valence-corrected chi connectivity index (χ3v) is 5.94. The van der Waals surface area contributed by atoms with Gasteiger partial charge in [0, 0.05) is 57.0 Å². The molecule has 186 valence electrons. The highest BCUT2D eigenvalue weighted by Crippen LogP contribution is 2.19. The lowest BCUT2D eigenvalue weighted by atomic mass is 10.0. The highest BCUT2D eigenvalue weighted by Gasteiger charge is 2.27. The van der Waals surface area contributed by atoms with Gasteiger partial charge in [-0.05, 0) is 36.2 Å². The van der Waals surface area contributed by atoms with Gasteiger partial charge in [-0.2, -0.15) is 0 Å². The van der Waals surface area contributed by atoms with Crippen molar-refractivity contribution < 1.29 is 19.2 Å². The number of aromatic amines is 1. The Labute approximate surface area is 204 Å². The third kappa shape index (κ3) is 7.26. The molecule has 1 aliphatic heterocycles. The molecule has 1 aromatic heterocycles. The molecule has 0 radical (unpaired) electrons. The van der Waals surface area contributed by atoms with E-state index >= 15 is 0 Å². The lowest BCUT2D eigenvalue weighted by Crippen LogP contribution is -2.54. The number of H-pyrrole nitrogens is 1. The number of carbonyl (C=O) groups excluding carboxylic acids is 4. The molecule has 0 fully saturated rings. The Balaban J connectivity index is 1.72. The van der Waals surface area contributed by atoms with Gasteiger partial charge in [0.15, 0.2) is 5.78 Å². The number of benzene rings is 1. The fourth-order valence-corrected chi connectivity index (χ4v) is 4.09. The molecule has 10 heteroatoms. The molecule has 0 spiro atoms. The van der Waals surface area contributed by atoms with Crippen LogP contribution in [-0.2, 0) is 25.6 Å². The summed E-state index contributed by atoms with van der Waals surface area (Å²) in [5.41, 5.74) is 2.84. The standard InChI is InChI=1S/C25H32N6O4/c1-16(32)29-23(11-18-14-27-21-6-4-3-5-20(18)21)25(35)30-22(8-7-19(33)12-26)24(34)28-13-17-9-10-31(2)15-17/h3-6,12,14-15,22-23,26-27H,7-11,13H2,1-2H3,(H,28,34)(H,29,32)(H,30,35)/t22-,23-/m0/s1. The second kappa shape index (κ2) is 12.0. The van der Waals surface area contributed by atoms with Crippen LogP contribution in [0.15, 0.2) is 42.2 Å².